The molecule has 0 bridgehead atoms. The maximum Gasteiger partial charge on any atom is 0.429 e. The predicted molar refractivity (Wildman–Crippen MR) is 401 cm³/mol. The zero-order chi connectivity index (χ0) is 90.4. The van der Waals surface area contributed by atoms with Gasteiger partial charge < -0.3 is 28.4 Å². The van der Waals surface area contributed by atoms with Crippen LogP contribution in [0.1, 0.15) is 100 Å². The molecule has 0 aromatic heterocycles. The zero-order valence-corrected chi connectivity index (χ0v) is 65.6. The number of benzene rings is 12. The van der Waals surface area contributed by atoms with E-state index in [0.717, 1.165) is 133 Å². The minimum Gasteiger partial charge on any atom is -0.429 e. The van der Waals surface area contributed by atoms with Gasteiger partial charge in [0.15, 0.2) is 63.7 Å². The van der Waals surface area contributed by atoms with E-state index in [-0.39, 0.29) is 39.1 Å². The van der Waals surface area contributed by atoms with E-state index in [9.17, 15) is 110 Å². The molecule has 0 saturated heterocycles. The van der Waals surface area contributed by atoms with Gasteiger partial charge in [0.2, 0.25) is 0 Å². The van der Waals surface area contributed by atoms with Gasteiger partial charge in [0.1, 0.15) is 46.4 Å². The van der Waals surface area contributed by atoms with Crippen molar-refractivity contribution in [2.75, 3.05) is 0 Å². The topological polar surface area (TPSA) is 55.4 Å². The minimum absolute atomic E-state index is 0.145. The van der Waals surface area contributed by atoms with Crippen LogP contribution in [0.5, 0.6) is 34.5 Å². The molecule has 0 radical (unpaired) electrons. The van der Waals surface area contributed by atoms with Crippen LogP contribution >= 0.6 is 0 Å². The normalized spacial score (nSPS) is 11.5. The van der Waals surface area contributed by atoms with Crippen molar-refractivity contribution in [1.29, 1.82) is 0 Å². The summed E-state index contributed by atoms with van der Waals surface area (Å²) in [5.41, 5.74) is 0.793. The Morgan fingerprint density at radius 3 is 0.769 bits per heavy atom. The Bertz CT molecular complexity index is 5490. The molecule has 0 unspecified atom stereocenters. The fourth-order valence-electron chi connectivity index (χ4n) is 10.3. The molecule has 0 amide bonds. The summed E-state index contributed by atoms with van der Waals surface area (Å²) in [6.07, 6.45) is -23.4. The van der Waals surface area contributed by atoms with Crippen LogP contribution in [0.3, 0.4) is 0 Å². The highest BCUT2D eigenvalue weighted by molar-refractivity contribution is 5.39. The number of hydrogen-bond acceptors (Lipinski definition) is 6. The van der Waals surface area contributed by atoms with Crippen molar-refractivity contribution in [2.45, 2.75) is 120 Å². The molecule has 0 spiro atoms. The summed E-state index contributed by atoms with van der Waals surface area (Å²) in [6, 6.07) is 39.8. The second-order valence-electron chi connectivity index (χ2n) is 27.3. The highest BCUT2D eigenvalue weighted by Gasteiger charge is 2.43. The summed E-state index contributed by atoms with van der Waals surface area (Å²) in [6.45, 7) is 18.5. The Balaban J connectivity index is 0.000000200. The Hall–Kier alpha value is -12.3. The highest BCUT2D eigenvalue weighted by atomic mass is 19.3. The molecule has 642 valence electrons. The van der Waals surface area contributed by atoms with Crippen LogP contribution in [0.15, 0.2) is 212 Å². The molecule has 0 aliphatic carbocycles. The minimum atomic E-state index is -4.20. The monoisotopic (exact) mass is 1720 g/mol. The van der Waals surface area contributed by atoms with E-state index >= 15 is 0 Å². The second-order valence-corrected chi connectivity index (χ2v) is 27.3. The van der Waals surface area contributed by atoms with Gasteiger partial charge in [-0.25, -0.2) is 57.1 Å². The van der Waals surface area contributed by atoms with Gasteiger partial charge >= 0.3 is 36.7 Å². The van der Waals surface area contributed by atoms with E-state index in [1.54, 1.807) is 45.0 Å². The molecule has 6 nitrogen and oxygen atoms in total. The summed E-state index contributed by atoms with van der Waals surface area (Å²) >= 11 is 0. The number of alkyl halides is 12. The summed E-state index contributed by atoms with van der Waals surface area (Å²) < 4.78 is 368. The average molecular weight is 1720 g/mol. The Morgan fingerprint density at radius 2 is 0.438 bits per heavy atom. The van der Waals surface area contributed by atoms with Crippen molar-refractivity contribution >= 4 is 0 Å². The fraction of sp³-hybridized carbons (Fsp3) is 0.200. The van der Waals surface area contributed by atoms with Gasteiger partial charge in [0.05, 0.1) is 33.4 Å². The number of rotatable bonds is 18. The van der Waals surface area contributed by atoms with Gasteiger partial charge in [-0.05, 0) is 261 Å². The van der Waals surface area contributed by atoms with Crippen molar-refractivity contribution in [3.63, 3.8) is 0 Å². The van der Waals surface area contributed by atoms with Gasteiger partial charge in [-0.15, -0.1) is 0 Å². The lowest BCUT2D eigenvalue weighted by Gasteiger charge is -2.20. The molecule has 12 aromatic rings. The first-order valence-electron chi connectivity index (χ1n) is 35.4. The first-order chi connectivity index (χ1) is 56.2. The first kappa shape index (κ1) is 95.8. The molecule has 0 atom stereocenters. The number of aryl methyl sites for hydroxylation is 11. The Labute approximate surface area is 677 Å². The quantitative estimate of drug-likeness (QED) is 0.0798. The zero-order valence-electron chi connectivity index (χ0n) is 65.6. The lowest BCUT2D eigenvalue weighted by molar-refractivity contribution is -0.190. The molecule has 12 aromatic carbocycles. The summed E-state index contributed by atoms with van der Waals surface area (Å²) in [5, 5.41) is 0. The summed E-state index contributed by atoms with van der Waals surface area (Å²) in [5.74, 6) is -19.4. The number of hydrogen-bond donors (Lipinski definition) is 0. The van der Waals surface area contributed by atoms with E-state index in [1.165, 1.54) is 102 Å². The molecule has 12 rings (SSSR count). The maximum atomic E-state index is 13.9. The molecule has 0 N–H and O–H groups in total. The van der Waals surface area contributed by atoms with Gasteiger partial charge in [-0.1, -0.05) is 83.4 Å². The summed E-state index contributed by atoms with van der Waals surface area (Å²) in [4.78, 5) is 0. The maximum absolute atomic E-state index is 13.9. The van der Waals surface area contributed by atoms with Crippen LogP contribution in [0.2, 0.25) is 0 Å². The van der Waals surface area contributed by atoms with Crippen LogP contribution in [-0.2, 0) is 36.7 Å². The van der Waals surface area contributed by atoms with Gasteiger partial charge in [-0.2, -0.15) is 52.7 Å². The second kappa shape index (κ2) is 39.7. The molecule has 0 aliphatic rings. The van der Waals surface area contributed by atoms with E-state index in [2.05, 4.69) is 23.7 Å². The third-order valence-corrected chi connectivity index (χ3v) is 16.8. The van der Waals surface area contributed by atoms with Crippen molar-refractivity contribution in [3.8, 4) is 34.5 Å². The SMILES string of the molecule is Cc1cc(F)c(OC(F)(F)c2ccc(C)c(F)c2)c(F)c1.Cc1ccc(C(F)(F)Oc2c(F)cc(C)cc2F)c(F)c1.Cc1ccc(C(F)(F)Oc2c(F)cc(C)cc2F)cc1.Cc1ccc(C(F)(F)Oc2cc(F)c(C)c(F)c2)c(F)c1.Cc1ccc(OC(F)(F)c2ccc(C)cc2)cc1.Cc1ccc(OC(F)(F)c2ccc(C)cc2F)c(F)c1. The first-order valence-corrected chi connectivity index (χ1v) is 35.4. The standard InChI is InChI=1S/3C15H11F5O.2C15H12F4O.C15H14F2O/c1-8-5-12(17)14(13(18)6-8)21-15(19,20)10-4-3-9(2)11(16)7-10;1-8-3-4-11(14(18)5-8)15(19,20)21-10-6-12(16)9(2)13(17)7-10;1-8-3-4-10(11(16)5-8)15(19,20)21-14-12(17)6-9(2)7-13(14)18;1-9-3-5-11(12(16)7-9)15(18,19)20-14-6-4-10(2)8-13(14)17;1-9-3-5-11(6-4-9)15(18,19)20-14-12(16)7-10(2)8-13(14)17;1-11-3-7-13(8-4-11)15(16,17)18-14-9-5-12(2)6-10-14/h3*3-7H,1-2H3;2*3-8H,1-2H3;3-10H,1-2H3. The van der Waals surface area contributed by atoms with Crippen LogP contribution in [-0.4, -0.2) is 0 Å². The third kappa shape index (κ3) is 26.6. The predicted octanol–water partition coefficient (Wildman–Crippen LogP) is 28.4. The van der Waals surface area contributed by atoms with Crippen molar-refractivity contribution < 1.29 is 138 Å². The third-order valence-electron chi connectivity index (χ3n) is 16.8. The summed E-state index contributed by atoms with van der Waals surface area (Å²) in [7, 11) is 0. The Kier molecular flexibility index (Phi) is 31.5. The molecule has 31 heteroatoms. The van der Waals surface area contributed by atoms with Crippen LogP contribution in [0.25, 0.3) is 0 Å². The van der Waals surface area contributed by atoms with Crippen molar-refractivity contribution in [3.05, 3.63) is 388 Å². The molecule has 0 heterocycles. The molecule has 0 saturated carbocycles. The largest absolute Gasteiger partial charge is 0.429 e. The van der Waals surface area contributed by atoms with E-state index in [4.69, 9.17) is 4.74 Å². The van der Waals surface area contributed by atoms with Crippen LogP contribution in [0.4, 0.5) is 110 Å². The average Bonchev–Trinajstić information content (AvgIpc) is 0.793. The Morgan fingerprint density at radius 1 is 0.182 bits per heavy atom. The molecule has 0 aliphatic heterocycles. The molecule has 121 heavy (non-hydrogen) atoms. The lowest BCUT2D eigenvalue weighted by atomic mass is 10.1. The van der Waals surface area contributed by atoms with Gasteiger partial charge in [-0.3, -0.25) is 0 Å². The van der Waals surface area contributed by atoms with Crippen molar-refractivity contribution in [1.82, 2.24) is 0 Å². The number of ether oxygens (including phenoxy) is 6. The van der Waals surface area contributed by atoms with Crippen molar-refractivity contribution in [2.24, 2.45) is 0 Å². The van der Waals surface area contributed by atoms with Crippen LogP contribution in [0, 0.1) is 159 Å². The van der Waals surface area contributed by atoms with Crippen LogP contribution < -0.4 is 28.4 Å². The molecule has 0 fully saturated rings. The van der Waals surface area contributed by atoms with E-state index in [1.807, 2.05) is 13.8 Å². The fourth-order valence-corrected chi connectivity index (χ4v) is 10.3. The van der Waals surface area contributed by atoms with Gasteiger partial charge in [0.25, 0.3) is 0 Å². The smallest absolute Gasteiger partial charge is 0.429 e. The highest BCUT2D eigenvalue weighted by Crippen LogP contribution is 2.42. The lowest BCUT2D eigenvalue weighted by Crippen LogP contribution is -2.24. The molecular weight excluding hydrogens is 1650 g/mol. The number of halogens is 25. The van der Waals surface area contributed by atoms with Gasteiger partial charge in [0, 0.05) is 17.7 Å². The van der Waals surface area contributed by atoms with E-state index < -0.39 is 169 Å². The molecular formula is C90H71F25O6. The van der Waals surface area contributed by atoms with E-state index in [0.29, 0.717) is 40.5 Å².